The van der Waals surface area contributed by atoms with Crippen molar-refractivity contribution < 1.29 is 4.79 Å². The fraction of sp³-hybridized carbons (Fsp3) is 0.200. The molecule has 0 bridgehead atoms. The van der Waals surface area contributed by atoms with Crippen molar-refractivity contribution in [3.63, 3.8) is 0 Å². The Bertz CT molecular complexity index is 1480. The summed E-state index contributed by atoms with van der Waals surface area (Å²) in [5.74, 6) is 0.0216. The summed E-state index contributed by atoms with van der Waals surface area (Å²) in [6.07, 6.45) is 3.47. The number of benzene rings is 4. The van der Waals surface area contributed by atoms with E-state index >= 15 is 0 Å². The molecule has 0 unspecified atom stereocenters. The van der Waals surface area contributed by atoms with E-state index < -0.39 is 0 Å². The zero-order valence-electron chi connectivity index (χ0n) is 18.7. The Hall–Kier alpha value is -3.90. The van der Waals surface area contributed by atoms with Gasteiger partial charge in [0, 0.05) is 29.8 Å². The molecule has 1 heterocycles. The number of nitriles is 1. The molecule has 4 aromatic carbocycles. The van der Waals surface area contributed by atoms with Gasteiger partial charge in [-0.25, -0.2) is 0 Å². The summed E-state index contributed by atoms with van der Waals surface area (Å²) in [6, 6.07) is 24.9. The summed E-state index contributed by atoms with van der Waals surface area (Å²) in [7, 11) is 0. The van der Waals surface area contributed by atoms with E-state index in [0.29, 0.717) is 16.7 Å². The standard InChI is InChI=1S/C30H24N2O/c1-19-26(22-15-9-11-20-10-3-4-12-21(20)22)28-27(23-13-5-6-14-24(23)30(28)33)25(18-31)29(19)32-16-7-2-8-17-32/h3-6,9-15H,2,7-8,16-17H2,1H3. The predicted molar refractivity (Wildman–Crippen MR) is 134 cm³/mol. The molecule has 0 saturated carbocycles. The van der Waals surface area contributed by atoms with Gasteiger partial charge < -0.3 is 4.90 Å². The van der Waals surface area contributed by atoms with Crippen LogP contribution in [0.5, 0.6) is 0 Å². The number of hydrogen-bond acceptors (Lipinski definition) is 3. The van der Waals surface area contributed by atoms with Gasteiger partial charge in [-0.3, -0.25) is 4.79 Å². The molecule has 160 valence electrons. The van der Waals surface area contributed by atoms with Crippen LogP contribution in [0, 0.1) is 18.3 Å². The smallest absolute Gasteiger partial charge is 0.194 e. The highest BCUT2D eigenvalue weighted by Crippen LogP contribution is 2.50. The minimum Gasteiger partial charge on any atom is -0.370 e. The van der Waals surface area contributed by atoms with Gasteiger partial charge in [0.25, 0.3) is 0 Å². The Kier molecular flexibility index (Phi) is 4.55. The van der Waals surface area contributed by atoms with Crippen LogP contribution in [0.15, 0.2) is 66.7 Å². The molecule has 33 heavy (non-hydrogen) atoms. The highest BCUT2D eigenvalue weighted by Gasteiger charge is 2.36. The first-order chi connectivity index (χ1) is 16.2. The first-order valence-corrected chi connectivity index (χ1v) is 11.7. The predicted octanol–water partition coefficient (Wildman–Crippen LogP) is 6.89. The van der Waals surface area contributed by atoms with Gasteiger partial charge in [-0.15, -0.1) is 0 Å². The molecule has 6 rings (SSSR count). The molecule has 1 fully saturated rings. The molecule has 0 amide bonds. The van der Waals surface area contributed by atoms with E-state index in [1.165, 1.54) is 6.42 Å². The van der Waals surface area contributed by atoms with Gasteiger partial charge in [0.15, 0.2) is 5.78 Å². The average molecular weight is 429 g/mol. The van der Waals surface area contributed by atoms with E-state index in [2.05, 4.69) is 48.2 Å². The average Bonchev–Trinajstić information content (AvgIpc) is 3.16. The van der Waals surface area contributed by atoms with E-state index in [0.717, 1.165) is 70.2 Å². The molecule has 4 aromatic rings. The van der Waals surface area contributed by atoms with Crippen LogP contribution in [0.3, 0.4) is 0 Å². The Morgan fingerprint density at radius 1 is 0.758 bits per heavy atom. The number of anilines is 1. The number of carbonyl (C=O) groups is 1. The van der Waals surface area contributed by atoms with Gasteiger partial charge in [-0.1, -0.05) is 66.7 Å². The zero-order valence-corrected chi connectivity index (χ0v) is 18.7. The molecule has 3 nitrogen and oxygen atoms in total. The van der Waals surface area contributed by atoms with Crippen LogP contribution < -0.4 is 4.90 Å². The summed E-state index contributed by atoms with van der Waals surface area (Å²) in [5, 5.41) is 12.7. The van der Waals surface area contributed by atoms with Crippen molar-refractivity contribution >= 4 is 22.2 Å². The van der Waals surface area contributed by atoms with Gasteiger partial charge >= 0.3 is 0 Å². The number of carbonyl (C=O) groups excluding carboxylic acids is 1. The van der Waals surface area contributed by atoms with Crippen LogP contribution in [0.25, 0.3) is 33.0 Å². The Morgan fingerprint density at radius 2 is 1.42 bits per heavy atom. The minimum atomic E-state index is 0.0216. The molecule has 1 saturated heterocycles. The Balaban J connectivity index is 1.77. The fourth-order valence-corrected chi connectivity index (χ4v) is 5.79. The molecule has 0 N–H and O–H groups in total. The minimum absolute atomic E-state index is 0.0216. The number of fused-ring (bicyclic) bond motifs is 4. The van der Waals surface area contributed by atoms with Crippen molar-refractivity contribution in [1.29, 1.82) is 5.26 Å². The number of hydrogen-bond donors (Lipinski definition) is 0. The van der Waals surface area contributed by atoms with Crippen molar-refractivity contribution in [2.45, 2.75) is 26.2 Å². The van der Waals surface area contributed by atoms with Gasteiger partial charge in [0.1, 0.15) is 6.07 Å². The quantitative estimate of drug-likeness (QED) is 0.307. The van der Waals surface area contributed by atoms with Gasteiger partial charge in [-0.2, -0.15) is 5.26 Å². The molecule has 0 spiro atoms. The molecule has 0 atom stereocenters. The molecule has 3 heteroatoms. The first kappa shape index (κ1) is 19.8. The topological polar surface area (TPSA) is 44.1 Å². The monoisotopic (exact) mass is 428 g/mol. The van der Waals surface area contributed by atoms with Crippen molar-refractivity contribution in [3.05, 3.63) is 89.0 Å². The maximum atomic E-state index is 13.8. The lowest BCUT2D eigenvalue weighted by Crippen LogP contribution is -2.31. The third-order valence-corrected chi connectivity index (χ3v) is 7.23. The fourth-order valence-electron chi connectivity index (χ4n) is 5.79. The van der Waals surface area contributed by atoms with Crippen molar-refractivity contribution in [2.24, 2.45) is 0 Å². The zero-order chi connectivity index (χ0) is 22.5. The molecular weight excluding hydrogens is 404 g/mol. The van der Waals surface area contributed by atoms with Crippen LogP contribution in [0.4, 0.5) is 5.69 Å². The third-order valence-electron chi connectivity index (χ3n) is 7.23. The van der Waals surface area contributed by atoms with E-state index in [-0.39, 0.29) is 5.78 Å². The number of rotatable bonds is 2. The van der Waals surface area contributed by atoms with Crippen LogP contribution in [0.2, 0.25) is 0 Å². The van der Waals surface area contributed by atoms with Crippen LogP contribution in [-0.2, 0) is 0 Å². The van der Waals surface area contributed by atoms with Crippen LogP contribution in [-0.4, -0.2) is 18.9 Å². The maximum absolute atomic E-state index is 13.8. The normalized spacial score (nSPS) is 14.8. The van der Waals surface area contributed by atoms with Crippen molar-refractivity contribution in [1.82, 2.24) is 0 Å². The summed E-state index contributed by atoms with van der Waals surface area (Å²) in [4.78, 5) is 16.2. The third kappa shape index (κ3) is 2.84. The van der Waals surface area contributed by atoms with Gasteiger partial charge in [0.05, 0.1) is 11.3 Å². The van der Waals surface area contributed by atoms with Gasteiger partial charge in [-0.05, 0) is 59.2 Å². The number of nitrogens with zero attached hydrogens (tertiary/aromatic N) is 2. The lowest BCUT2D eigenvalue weighted by Gasteiger charge is -2.33. The van der Waals surface area contributed by atoms with Gasteiger partial charge in [0.2, 0.25) is 0 Å². The first-order valence-electron chi connectivity index (χ1n) is 11.7. The van der Waals surface area contributed by atoms with Crippen molar-refractivity contribution in [2.75, 3.05) is 18.0 Å². The lowest BCUT2D eigenvalue weighted by molar-refractivity contribution is 0.104. The number of piperidine rings is 1. The Labute approximate surface area is 193 Å². The summed E-state index contributed by atoms with van der Waals surface area (Å²) < 4.78 is 0. The second-order valence-electron chi connectivity index (χ2n) is 9.03. The largest absolute Gasteiger partial charge is 0.370 e. The second-order valence-corrected chi connectivity index (χ2v) is 9.03. The highest BCUT2D eigenvalue weighted by atomic mass is 16.1. The summed E-state index contributed by atoms with van der Waals surface area (Å²) in [5.41, 5.74) is 7.79. The Morgan fingerprint density at radius 3 is 2.21 bits per heavy atom. The van der Waals surface area contributed by atoms with E-state index in [9.17, 15) is 10.1 Å². The van der Waals surface area contributed by atoms with Crippen molar-refractivity contribution in [3.8, 4) is 28.3 Å². The van der Waals surface area contributed by atoms with Crippen LogP contribution in [0.1, 0.15) is 46.3 Å². The SMILES string of the molecule is Cc1c(-c2cccc3ccccc23)c2c(c(C#N)c1N1CCCCC1)-c1ccccc1C2=O. The maximum Gasteiger partial charge on any atom is 0.194 e. The molecule has 2 aliphatic rings. The summed E-state index contributed by atoms with van der Waals surface area (Å²) >= 11 is 0. The van der Waals surface area contributed by atoms with E-state index in [4.69, 9.17) is 0 Å². The lowest BCUT2D eigenvalue weighted by atomic mass is 9.84. The highest BCUT2D eigenvalue weighted by molar-refractivity contribution is 6.27. The van der Waals surface area contributed by atoms with E-state index in [1.54, 1.807) is 0 Å². The number of ketones is 1. The molecule has 1 aliphatic carbocycles. The molecule has 1 aliphatic heterocycles. The summed E-state index contributed by atoms with van der Waals surface area (Å²) in [6.45, 7) is 3.98. The van der Waals surface area contributed by atoms with E-state index in [1.807, 2.05) is 36.4 Å². The molecular formula is C30H24N2O. The second kappa shape index (κ2) is 7.60. The van der Waals surface area contributed by atoms with Crippen LogP contribution >= 0.6 is 0 Å². The molecule has 0 aromatic heterocycles. The molecule has 0 radical (unpaired) electrons.